The average Bonchev–Trinajstić information content (AvgIpc) is 2.86. The SMILES string of the molecule is CC(C)[C@H](N)C(=O)NCC(=O)NCC1CCN(CC(F)(F)F)C1.Cl.Cl. The van der Waals surface area contributed by atoms with Crippen LogP contribution in [-0.2, 0) is 9.59 Å². The number of hydrogen-bond donors (Lipinski definition) is 3. The Labute approximate surface area is 158 Å². The summed E-state index contributed by atoms with van der Waals surface area (Å²) in [7, 11) is 0. The fourth-order valence-electron chi connectivity index (χ4n) is 2.39. The van der Waals surface area contributed by atoms with Crippen LogP contribution in [0.4, 0.5) is 13.2 Å². The Morgan fingerprint density at radius 1 is 1.24 bits per heavy atom. The van der Waals surface area contributed by atoms with E-state index in [9.17, 15) is 22.8 Å². The van der Waals surface area contributed by atoms with Crippen LogP contribution in [0.5, 0.6) is 0 Å². The van der Waals surface area contributed by atoms with Gasteiger partial charge in [0, 0.05) is 13.1 Å². The summed E-state index contributed by atoms with van der Waals surface area (Å²) in [6.45, 7) is 3.50. The number of halogens is 5. The van der Waals surface area contributed by atoms with E-state index in [4.69, 9.17) is 5.73 Å². The minimum absolute atomic E-state index is 0. The molecule has 1 unspecified atom stereocenters. The number of carbonyl (C=O) groups excluding carboxylic acids is 2. The van der Waals surface area contributed by atoms with E-state index >= 15 is 0 Å². The summed E-state index contributed by atoms with van der Waals surface area (Å²) in [4.78, 5) is 24.6. The lowest BCUT2D eigenvalue weighted by molar-refractivity contribution is -0.143. The molecule has 1 rings (SSSR count). The van der Waals surface area contributed by atoms with Crippen molar-refractivity contribution in [3.05, 3.63) is 0 Å². The van der Waals surface area contributed by atoms with E-state index in [-0.39, 0.29) is 49.1 Å². The van der Waals surface area contributed by atoms with Crippen LogP contribution in [0.15, 0.2) is 0 Å². The van der Waals surface area contributed by atoms with Crippen molar-refractivity contribution in [3.63, 3.8) is 0 Å². The highest BCUT2D eigenvalue weighted by Gasteiger charge is 2.34. The predicted molar refractivity (Wildman–Crippen MR) is 93.9 cm³/mol. The number of alkyl halides is 3. The normalized spacial score (nSPS) is 18.9. The maximum absolute atomic E-state index is 12.3. The second-order valence-corrected chi connectivity index (χ2v) is 6.30. The summed E-state index contributed by atoms with van der Waals surface area (Å²) < 4.78 is 36.9. The Bertz CT molecular complexity index is 425. The minimum atomic E-state index is -4.20. The fourth-order valence-corrected chi connectivity index (χ4v) is 2.39. The van der Waals surface area contributed by atoms with E-state index in [1.54, 1.807) is 13.8 Å². The van der Waals surface area contributed by atoms with Crippen LogP contribution in [0.1, 0.15) is 20.3 Å². The van der Waals surface area contributed by atoms with Crippen LogP contribution in [0, 0.1) is 11.8 Å². The summed E-state index contributed by atoms with van der Waals surface area (Å²) >= 11 is 0. The molecule has 1 saturated heterocycles. The van der Waals surface area contributed by atoms with Gasteiger partial charge in [0.05, 0.1) is 19.1 Å². The van der Waals surface area contributed by atoms with Crippen LogP contribution < -0.4 is 16.4 Å². The fraction of sp³-hybridized carbons (Fsp3) is 0.857. The minimum Gasteiger partial charge on any atom is -0.354 e. The van der Waals surface area contributed by atoms with Crippen LogP contribution in [-0.4, -0.2) is 61.7 Å². The van der Waals surface area contributed by atoms with Crippen molar-refractivity contribution in [2.45, 2.75) is 32.5 Å². The maximum Gasteiger partial charge on any atom is 0.401 e. The predicted octanol–water partition coefficient (Wildman–Crippen LogP) is 0.930. The van der Waals surface area contributed by atoms with Crippen LogP contribution in [0.25, 0.3) is 0 Å². The summed E-state index contributed by atoms with van der Waals surface area (Å²) in [6.07, 6.45) is -3.58. The Morgan fingerprint density at radius 2 is 1.84 bits per heavy atom. The molecule has 0 saturated carbocycles. The molecule has 2 amide bonds. The second-order valence-electron chi connectivity index (χ2n) is 6.30. The van der Waals surface area contributed by atoms with Crippen molar-refractivity contribution in [1.29, 1.82) is 0 Å². The Morgan fingerprint density at radius 3 is 2.36 bits per heavy atom. The quantitative estimate of drug-likeness (QED) is 0.582. The van der Waals surface area contributed by atoms with Crippen LogP contribution in [0.2, 0.25) is 0 Å². The van der Waals surface area contributed by atoms with Gasteiger partial charge < -0.3 is 16.4 Å². The first-order chi connectivity index (χ1) is 10.6. The topological polar surface area (TPSA) is 87.5 Å². The zero-order chi connectivity index (χ0) is 17.6. The van der Waals surface area contributed by atoms with E-state index in [2.05, 4.69) is 10.6 Å². The third-order valence-electron chi connectivity index (χ3n) is 3.80. The number of likely N-dealkylation sites (tertiary alicyclic amines) is 1. The molecule has 150 valence electrons. The van der Waals surface area contributed by atoms with Gasteiger partial charge in [-0.3, -0.25) is 14.5 Å². The molecular formula is C14H27Cl2F3N4O2. The van der Waals surface area contributed by atoms with Crippen molar-refractivity contribution in [2.75, 3.05) is 32.7 Å². The van der Waals surface area contributed by atoms with Gasteiger partial charge in [0.1, 0.15) is 0 Å². The van der Waals surface area contributed by atoms with E-state index in [0.717, 1.165) is 0 Å². The maximum atomic E-state index is 12.3. The van der Waals surface area contributed by atoms with E-state index in [1.807, 2.05) is 0 Å². The Kier molecular flexibility index (Phi) is 12.5. The van der Waals surface area contributed by atoms with Crippen molar-refractivity contribution >= 4 is 36.6 Å². The van der Waals surface area contributed by atoms with E-state index in [0.29, 0.717) is 26.1 Å². The molecule has 25 heavy (non-hydrogen) atoms. The van der Waals surface area contributed by atoms with Crippen molar-refractivity contribution < 1.29 is 22.8 Å². The van der Waals surface area contributed by atoms with Crippen LogP contribution in [0.3, 0.4) is 0 Å². The largest absolute Gasteiger partial charge is 0.401 e. The monoisotopic (exact) mass is 410 g/mol. The molecule has 1 aliphatic heterocycles. The van der Waals surface area contributed by atoms with Crippen LogP contribution >= 0.6 is 24.8 Å². The molecule has 6 nitrogen and oxygen atoms in total. The third-order valence-corrected chi connectivity index (χ3v) is 3.80. The summed E-state index contributed by atoms with van der Waals surface area (Å²) in [5, 5.41) is 5.07. The first-order valence-corrected chi connectivity index (χ1v) is 7.67. The molecule has 0 aromatic heterocycles. The van der Waals surface area contributed by atoms with E-state index < -0.39 is 24.7 Å². The van der Waals surface area contributed by atoms with Gasteiger partial charge in [0.2, 0.25) is 11.8 Å². The number of amides is 2. The van der Waals surface area contributed by atoms with Gasteiger partial charge in [-0.05, 0) is 24.8 Å². The molecule has 2 atom stereocenters. The molecule has 1 fully saturated rings. The molecule has 4 N–H and O–H groups in total. The summed E-state index contributed by atoms with van der Waals surface area (Å²) in [6, 6.07) is -0.673. The average molecular weight is 411 g/mol. The molecular weight excluding hydrogens is 384 g/mol. The number of carbonyl (C=O) groups is 2. The van der Waals surface area contributed by atoms with Gasteiger partial charge in [-0.2, -0.15) is 13.2 Å². The highest BCUT2D eigenvalue weighted by atomic mass is 35.5. The third kappa shape index (κ3) is 10.7. The van der Waals surface area contributed by atoms with Gasteiger partial charge >= 0.3 is 6.18 Å². The lowest BCUT2D eigenvalue weighted by atomic mass is 10.1. The lowest BCUT2D eigenvalue weighted by Gasteiger charge is -2.18. The zero-order valence-electron chi connectivity index (χ0n) is 14.3. The number of rotatable bonds is 7. The molecule has 1 aliphatic rings. The standard InChI is InChI=1S/C14H25F3N4O2.2ClH/c1-9(2)12(18)13(23)20-6-11(22)19-5-10-3-4-21(7-10)8-14(15,16)17;;/h9-10,12H,3-8,18H2,1-2H3,(H,19,22)(H,20,23);2*1H/t10?,12-;;/m0../s1. The van der Waals surface area contributed by atoms with Gasteiger partial charge in [0.15, 0.2) is 0 Å². The molecule has 0 aromatic carbocycles. The molecule has 11 heteroatoms. The number of nitrogens with one attached hydrogen (secondary N) is 2. The van der Waals surface area contributed by atoms with Crippen molar-refractivity contribution in [3.8, 4) is 0 Å². The number of hydrogen-bond acceptors (Lipinski definition) is 4. The van der Waals surface area contributed by atoms with Crippen molar-refractivity contribution in [1.82, 2.24) is 15.5 Å². The van der Waals surface area contributed by atoms with Crippen molar-refractivity contribution in [2.24, 2.45) is 17.6 Å². The number of nitrogens with zero attached hydrogens (tertiary/aromatic N) is 1. The highest BCUT2D eigenvalue weighted by Crippen LogP contribution is 2.22. The Hall–Kier alpha value is -0.770. The molecule has 0 radical (unpaired) electrons. The zero-order valence-corrected chi connectivity index (χ0v) is 15.9. The van der Waals surface area contributed by atoms with E-state index in [1.165, 1.54) is 4.90 Å². The van der Waals surface area contributed by atoms with Gasteiger partial charge in [0.25, 0.3) is 0 Å². The molecule has 0 aromatic rings. The van der Waals surface area contributed by atoms with Gasteiger partial charge in [-0.25, -0.2) is 0 Å². The molecule has 0 aliphatic carbocycles. The molecule has 0 spiro atoms. The van der Waals surface area contributed by atoms with Gasteiger partial charge in [-0.1, -0.05) is 13.8 Å². The molecule has 1 heterocycles. The Balaban J connectivity index is 0. The second kappa shape index (κ2) is 11.8. The molecule has 0 bridgehead atoms. The first kappa shape index (κ1) is 26.5. The smallest absolute Gasteiger partial charge is 0.354 e. The summed E-state index contributed by atoms with van der Waals surface area (Å²) in [5.41, 5.74) is 5.64. The lowest BCUT2D eigenvalue weighted by Crippen LogP contribution is -2.47. The summed E-state index contributed by atoms with van der Waals surface area (Å²) in [5.74, 6) is -0.804. The number of nitrogens with two attached hydrogens (primary N) is 1. The first-order valence-electron chi connectivity index (χ1n) is 7.67. The highest BCUT2D eigenvalue weighted by molar-refractivity contribution is 5.87. The van der Waals surface area contributed by atoms with Gasteiger partial charge in [-0.15, -0.1) is 24.8 Å².